The predicted molar refractivity (Wildman–Crippen MR) is 97.7 cm³/mol. The van der Waals surface area contributed by atoms with E-state index in [9.17, 15) is 9.90 Å². The summed E-state index contributed by atoms with van der Waals surface area (Å²) in [5.74, 6) is 0.773. The Bertz CT molecular complexity index is 747. The zero-order chi connectivity index (χ0) is 17.8. The molecule has 2 aromatic carbocycles. The van der Waals surface area contributed by atoms with Crippen molar-refractivity contribution in [1.29, 1.82) is 0 Å². The summed E-state index contributed by atoms with van der Waals surface area (Å²) in [6.45, 7) is 2.72. The normalized spacial score (nSPS) is 18.4. The Morgan fingerprint density at radius 3 is 2.84 bits per heavy atom. The number of hydrogen-bond acceptors (Lipinski definition) is 4. The summed E-state index contributed by atoms with van der Waals surface area (Å²) in [6.07, 6.45) is 0.751. The van der Waals surface area contributed by atoms with Gasteiger partial charge in [-0.15, -0.1) is 0 Å². The molecule has 1 heterocycles. The molecule has 0 aromatic heterocycles. The third-order valence-electron chi connectivity index (χ3n) is 4.67. The molecule has 1 aliphatic rings. The van der Waals surface area contributed by atoms with Crippen LogP contribution in [0.25, 0.3) is 0 Å². The molecule has 1 amide bonds. The lowest BCUT2D eigenvalue weighted by molar-refractivity contribution is -0.119. The summed E-state index contributed by atoms with van der Waals surface area (Å²) in [6, 6.07) is 15.2. The van der Waals surface area contributed by atoms with Crippen LogP contribution in [-0.2, 0) is 11.4 Å². The van der Waals surface area contributed by atoms with Crippen LogP contribution >= 0.6 is 0 Å². The first kappa shape index (κ1) is 17.5. The molecule has 2 atom stereocenters. The lowest BCUT2D eigenvalue weighted by Crippen LogP contribution is -2.39. The van der Waals surface area contributed by atoms with E-state index in [1.807, 2.05) is 55.5 Å². The Balaban J connectivity index is 1.71. The van der Waals surface area contributed by atoms with Crippen LogP contribution in [-0.4, -0.2) is 30.7 Å². The van der Waals surface area contributed by atoms with Crippen molar-refractivity contribution in [3.8, 4) is 5.75 Å². The average molecular weight is 340 g/mol. The molecule has 0 unspecified atom stereocenters. The van der Waals surface area contributed by atoms with Crippen molar-refractivity contribution in [2.24, 2.45) is 0 Å². The molecule has 5 heteroatoms. The summed E-state index contributed by atoms with van der Waals surface area (Å²) in [5.41, 5.74) is 2.75. The molecule has 0 bridgehead atoms. The van der Waals surface area contributed by atoms with E-state index >= 15 is 0 Å². The maximum absolute atomic E-state index is 12.8. The zero-order valence-corrected chi connectivity index (χ0v) is 14.6. The van der Waals surface area contributed by atoms with E-state index in [-0.39, 0.29) is 24.6 Å². The molecular formula is C20H24N2O3. The van der Waals surface area contributed by atoms with Crippen molar-refractivity contribution in [3.63, 3.8) is 0 Å². The quantitative estimate of drug-likeness (QED) is 0.849. The van der Waals surface area contributed by atoms with Gasteiger partial charge in [-0.25, -0.2) is 0 Å². The molecular weight excluding hydrogens is 316 g/mol. The molecule has 1 aliphatic heterocycles. The molecule has 1 saturated heterocycles. The summed E-state index contributed by atoms with van der Waals surface area (Å²) in [5, 5.41) is 12.7. The van der Waals surface area contributed by atoms with Gasteiger partial charge in [-0.1, -0.05) is 36.4 Å². The van der Waals surface area contributed by atoms with E-state index in [1.54, 1.807) is 12.0 Å². The number of nitrogens with one attached hydrogen (secondary N) is 1. The van der Waals surface area contributed by atoms with E-state index in [0.717, 1.165) is 23.2 Å². The van der Waals surface area contributed by atoms with Crippen LogP contribution in [0.2, 0.25) is 0 Å². The van der Waals surface area contributed by atoms with Crippen LogP contribution < -0.4 is 15.0 Å². The molecule has 132 valence electrons. The molecule has 2 N–H and O–H groups in total. The minimum absolute atomic E-state index is 0.0184. The Morgan fingerprint density at radius 1 is 1.28 bits per heavy atom. The van der Waals surface area contributed by atoms with Gasteiger partial charge >= 0.3 is 0 Å². The van der Waals surface area contributed by atoms with Crippen LogP contribution in [0.15, 0.2) is 48.5 Å². The number of nitrogens with zero attached hydrogens (tertiary/aromatic N) is 1. The second-order valence-electron chi connectivity index (χ2n) is 6.29. The van der Waals surface area contributed by atoms with Gasteiger partial charge in [0.25, 0.3) is 0 Å². The van der Waals surface area contributed by atoms with Crippen molar-refractivity contribution in [2.45, 2.75) is 32.0 Å². The molecule has 1 fully saturated rings. The van der Waals surface area contributed by atoms with Gasteiger partial charge in [0, 0.05) is 12.6 Å². The standard InChI is InChI=1S/C20H24N2O3/c1-14(16-7-5-6-15(12-16)13-23)21-17-10-11-22(20(17)24)18-8-3-4-9-19(18)25-2/h3-9,12,14,17,21,23H,10-11,13H2,1-2H3/t14-,17+/m0/s1. The minimum Gasteiger partial charge on any atom is -0.495 e. The second-order valence-corrected chi connectivity index (χ2v) is 6.29. The maximum atomic E-state index is 12.8. The third-order valence-corrected chi connectivity index (χ3v) is 4.67. The van der Waals surface area contributed by atoms with Crippen LogP contribution in [0.4, 0.5) is 5.69 Å². The van der Waals surface area contributed by atoms with Crippen molar-refractivity contribution >= 4 is 11.6 Å². The number of ether oxygens (including phenoxy) is 1. The highest BCUT2D eigenvalue weighted by atomic mass is 16.5. The van der Waals surface area contributed by atoms with E-state index in [2.05, 4.69) is 5.32 Å². The number of hydrogen-bond donors (Lipinski definition) is 2. The molecule has 25 heavy (non-hydrogen) atoms. The lowest BCUT2D eigenvalue weighted by atomic mass is 10.0. The molecule has 3 rings (SSSR count). The van der Waals surface area contributed by atoms with Crippen molar-refractivity contribution in [3.05, 3.63) is 59.7 Å². The fraction of sp³-hybridized carbons (Fsp3) is 0.350. The van der Waals surface area contributed by atoms with Crippen molar-refractivity contribution in [2.75, 3.05) is 18.6 Å². The first-order valence-corrected chi connectivity index (χ1v) is 8.54. The molecule has 0 spiro atoms. The number of aliphatic hydroxyl groups excluding tert-OH is 1. The highest BCUT2D eigenvalue weighted by Crippen LogP contribution is 2.31. The van der Waals surface area contributed by atoms with Crippen LogP contribution in [0.3, 0.4) is 0 Å². The minimum atomic E-state index is -0.224. The topological polar surface area (TPSA) is 61.8 Å². The Kier molecular flexibility index (Phi) is 5.36. The van der Waals surface area contributed by atoms with Crippen LogP contribution in [0.5, 0.6) is 5.75 Å². The summed E-state index contributed by atoms with van der Waals surface area (Å²) >= 11 is 0. The molecule has 5 nitrogen and oxygen atoms in total. The number of methoxy groups -OCH3 is 1. The summed E-state index contributed by atoms with van der Waals surface area (Å²) in [7, 11) is 1.62. The van der Waals surface area contributed by atoms with Crippen molar-refractivity contribution in [1.82, 2.24) is 5.32 Å². The van der Waals surface area contributed by atoms with Crippen molar-refractivity contribution < 1.29 is 14.6 Å². The lowest BCUT2D eigenvalue weighted by Gasteiger charge is -2.22. The van der Waals surface area contributed by atoms with Gasteiger partial charge in [0.05, 0.1) is 25.4 Å². The summed E-state index contributed by atoms with van der Waals surface area (Å²) < 4.78 is 5.38. The fourth-order valence-corrected chi connectivity index (χ4v) is 3.29. The predicted octanol–water partition coefficient (Wildman–Crippen LogP) is 2.64. The highest BCUT2D eigenvalue weighted by Gasteiger charge is 2.34. The molecule has 0 aliphatic carbocycles. The number of aliphatic hydroxyl groups is 1. The summed E-state index contributed by atoms with van der Waals surface area (Å²) in [4.78, 5) is 14.6. The first-order valence-electron chi connectivity index (χ1n) is 8.54. The Hall–Kier alpha value is -2.37. The van der Waals surface area contributed by atoms with E-state index in [0.29, 0.717) is 12.3 Å². The van der Waals surface area contributed by atoms with Gasteiger partial charge < -0.3 is 14.7 Å². The van der Waals surface area contributed by atoms with Gasteiger partial charge in [-0.3, -0.25) is 10.1 Å². The van der Waals surface area contributed by atoms with Gasteiger partial charge in [0.15, 0.2) is 0 Å². The third kappa shape index (κ3) is 3.67. The highest BCUT2D eigenvalue weighted by molar-refractivity contribution is 6.00. The van der Waals surface area contributed by atoms with Gasteiger partial charge in [0.2, 0.25) is 5.91 Å². The van der Waals surface area contributed by atoms with Crippen LogP contribution in [0, 0.1) is 0 Å². The fourth-order valence-electron chi connectivity index (χ4n) is 3.29. The molecule has 2 aromatic rings. The molecule has 0 saturated carbocycles. The number of benzene rings is 2. The number of anilines is 1. The smallest absolute Gasteiger partial charge is 0.244 e. The van der Waals surface area contributed by atoms with Gasteiger partial charge in [-0.05, 0) is 36.6 Å². The zero-order valence-electron chi connectivity index (χ0n) is 14.6. The first-order chi connectivity index (χ1) is 12.1. The van der Waals surface area contributed by atoms with Gasteiger partial charge in [-0.2, -0.15) is 0 Å². The number of amides is 1. The van der Waals surface area contributed by atoms with Gasteiger partial charge in [0.1, 0.15) is 5.75 Å². The second kappa shape index (κ2) is 7.68. The number of carbonyl (C=O) groups is 1. The monoisotopic (exact) mass is 340 g/mol. The average Bonchev–Trinajstić information content (AvgIpc) is 3.02. The Labute approximate surface area is 148 Å². The van der Waals surface area contributed by atoms with Crippen LogP contribution in [0.1, 0.15) is 30.5 Å². The SMILES string of the molecule is COc1ccccc1N1CC[C@@H](N[C@@H](C)c2cccc(CO)c2)C1=O. The number of para-hydroxylation sites is 2. The molecule has 0 radical (unpaired) electrons. The Morgan fingerprint density at radius 2 is 2.08 bits per heavy atom. The van der Waals surface area contributed by atoms with E-state index < -0.39 is 0 Å². The number of carbonyl (C=O) groups excluding carboxylic acids is 1. The maximum Gasteiger partial charge on any atom is 0.244 e. The van der Waals surface area contributed by atoms with E-state index in [1.165, 1.54) is 0 Å². The van der Waals surface area contributed by atoms with E-state index in [4.69, 9.17) is 4.74 Å². The number of rotatable bonds is 6. The largest absolute Gasteiger partial charge is 0.495 e.